The Morgan fingerprint density at radius 1 is 1.25 bits per heavy atom. The minimum atomic E-state index is -0.349. The molecule has 24 heavy (non-hydrogen) atoms. The van der Waals surface area contributed by atoms with Gasteiger partial charge in [0.25, 0.3) is 0 Å². The molecule has 2 atom stereocenters. The molecule has 0 saturated heterocycles. The Morgan fingerprint density at radius 2 is 1.92 bits per heavy atom. The Morgan fingerprint density at radius 3 is 2.50 bits per heavy atom. The molecule has 5 nitrogen and oxygen atoms in total. The van der Waals surface area contributed by atoms with Crippen LogP contribution in [0.2, 0.25) is 0 Å². The smallest absolute Gasteiger partial charge is 0.237 e. The first-order chi connectivity index (χ1) is 11.5. The molecule has 0 heterocycles. The number of likely N-dealkylation sites (N-methyl/N-ethyl adjacent to an activating group) is 1. The molecule has 1 saturated carbocycles. The van der Waals surface area contributed by atoms with Gasteiger partial charge in [0.1, 0.15) is 0 Å². The third-order valence-corrected chi connectivity index (χ3v) is 4.47. The van der Waals surface area contributed by atoms with Gasteiger partial charge >= 0.3 is 0 Å². The predicted octanol–water partition coefficient (Wildman–Crippen LogP) is 2.24. The van der Waals surface area contributed by atoms with E-state index in [2.05, 4.69) is 17.6 Å². The Kier molecular flexibility index (Phi) is 6.79. The van der Waals surface area contributed by atoms with E-state index in [9.17, 15) is 9.59 Å². The van der Waals surface area contributed by atoms with E-state index in [0.717, 1.165) is 31.2 Å². The lowest BCUT2D eigenvalue weighted by Crippen LogP contribution is -2.48. The van der Waals surface area contributed by atoms with Crippen LogP contribution in [0.25, 0.3) is 0 Å². The van der Waals surface area contributed by atoms with Crippen molar-refractivity contribution in [2.45, 2.75) is 57.7 Å². The number of hydrogen-bond donors (Lipinski definition) is 2. The molecule has 2 amide bonds. The molecule has 0 aromatic heterocycles. The molecule has 1 aromatic carbocycles. The summed E-state index contributed by atoms with van der Waals surface area (Å²) in [4.78, 5) is 26.3. The van der Waals surface area contributed by atoms with Gasteiger partial charge < -0.3 is 10.6 Å². The molecule has 0 radical (unpaired) electrons. The summed E-state index contributed by atoms with van der Waals surface area (Å²) in [5.74, 6) is -0.0492. The monoisotopic (exact) mass is 331 g/mol. The first-order valence-corrected chi connectivity index (χ1v) is 8.86. The minimum Gasteiger partial charge on any atom is -0.352 e. The van der Waals surface area contributed by atoms with Crippen molar-refractivity contribution < 1.29 is 9.59 Å². The lowest BCUT2D eigenvalue weighted by atomic mass is 10.0. The van der Waals surface area contributed by atoms with Crippen molar-refractivity contribution in [3.8, 4) is 0 Å². The summed E-state index contributed by atoms with van der Waals surface area (Å²) < 4.78 is 0. The van der Waals surface area contributed by atoms with Gasteiger partial charge in [-0.1, -0.05) is 43.7 Å². The summed E-state index contributed by atoms with van der Waals surface area (Å²) in [6, 6.07) is 10.0. The van der Waals surface area contributed by atoms with Crippen molar-refractivity contribution in [2.75, 3.05) is 13.6 Å². The second-order valence-corrected chi connectivity index (χ2v) is 6.69. The fourth-order valence-corrected chi connectivity index (χ4v) is 2.65. The van der Waals surface area contributed by atoms with Gasteiger partial charge in [0.2, 0.25) is 11.8 Å². The fourth-order valence-electron chi connectivity index (χ4n) is 2.65. The molecular weight excluding hydrogens is 302 g/mol. The van der Waals surface area contributed by atoms with Crippen molar-refractivity contribution in [1.82, 2.24) is 15.5 Å². The first-order valence-electron chi connectivity index (χ1n) is 8.86. The van der Waals surface area contributed by atoms with E-state index in [1.807, 2.05) is 44.3 Å². The average Bonchev–Trinajstić information content (AvgIpc) is 3.38. The molecule has 2 rings (SSSR count). The molecule has 0 spiro atoms. The lowest BCUT2D eigenvalue weighted by Gasteiger charge is -2.26. The maximum atomic E-state index is 12.6. The van der Waals surface area contributed by atoms with Gasteiger partial charge in [-0.2, -0.15) is 0 Å². The Balaban J connectivity index is 1.88. The topological polar surface area (TPSA) is 61.4 Å². The normalized spacial score (nSPS) is 16.5. The molecule has 0 bridgehead atoms. The van der Waals surface area contributed by atoms with E-state index < -0.39 is 0 Å². The summed E-state index contributed by atoms with van der Waals surface area (Å²) >= 11 is 0. The molecule has 0 aliphatic heterocycles. The predicted molar refractivity (Wildman–Crippen MR) is 95.5 cm³/mol. The molecule has 1 aliphatic rings. The molecule has 5 heteroatoms. The number of benzene rings is 1. The summed E-state index contributed by atoms with van der Waals surface area (Å²) in [5.41, 5.74) is 1.12. The van der Waals surface area contributed by atoms with Crippen LogP contribution in [0.3, 0.4) is 0 Å². The third kappa shape index (κ3) is 5.64. The Bertz CT molecular complexity index is 543. The van der Waals surface area contributed by atoms with Crippen molar-refractivity contribution in [1.29, 1.82) is 0 Å². The maximum Gasteiger partial charge on any atom is 0.237 e. The van der Waals surface area contributed by atoms with Gasteiger partial charge in [0, 0.05) is 6.04 Å². The summed E-state index contributed by atoms with van der Waals surface area (Å²) in [5, 5.41) is 6.08. The standard InChI is InChI=1S/C19H29N3O2/c1-4-8-17(15-9-6-5-7-10-15)21-19(24)14(2)22(3)13-18(23)20-16-11-12-16/h5-7,9-10,14,16-17H,4,8,11-13H2,1-3H3,(H,20,23)(H,21,24)/t14-,17-/m1/s1. The highest BCUT2D eigenvalue weighted by atomic mass is 16.2. The third-order valence-electron chi connectivity index (χ3n) is 4.47. The van der Waals surface area contributed by atoms with E-state index in [1.165, 1.54) is 0 Å². The summed E-state index contributed by atoms with van der Waals surface area (Å²) in [7, 11) is 1.81. The van der Waals surface area contributed by atoms with Crippen LogP contribution in [0.5, 0.6) is 0 Å². The van der Waals surface area contributed by atoms with Crippen molar-refractivity contribution in [3.05, 3.63) is 35.9 Å². The molecule has 2 N–H and O–H groups in total. The summed E-state index contributed by atoms with van der Waals surface area (Å²) in [6.07, 6.45) is 4.03. The number of nitrogens with zero attached hydrogens (tertiary/aromatic N) is 1. The number of nitrogens with one attached hydrogen (secondary N) is 2. The Hall–Kier alpha value is -1.88. The van der Waals surface area contributed by atoms with Crippen LogP contribution in [0.15, 0.2) is 30.3 Å². The highest BCUT2D eigenvalue weighted by molar-refractivity contribution is 5.83. The largest absolute Gasteiger partial charge is 0.352 e. The van der Waals surface area contributed by atoms with Crippen LogP contribution in [-0.4, -0.2) is 42.4 Å². The molecule has 1 aliphatic carbocycles. The van der Waals surface area contributed by atoms with Crippen LogP contribution >= 0.6 is 0 Å². The van der Waals surface area contributed by atoms with Gasteiger partial charge in [-0.3, -0.25) is 14.5 Å². The quantitative estimate of drug-likeness (QED) is 0.729. The van der Waals surface area contributed by atoms with Gasteiger partial charge in [0.15, 0.2) is 0 Å². The Labute approximate surface area is 144 Å². The second-order valence-electron chi connectivity index (χ2n) is 6.69. The van der Waals surface area contributed by atoms with Crippen LogP contribution in [0.1, 0.15) is 51.1 Å². The molecule has 1 fully saturated rings. The van der Waals surface area contributed by atoms with Gasteiger partial charge in [-0.15, -0.1) is 0 Å². The fraction of sp³-hybridized carbons (Fsp3) is 0.579. The maximum absolute atomic E-state index is 12.6. The molecule has 132 valence electrons. The average molecular weight is 331 g/mol. The van der Waals surface area contributed by atoms with E-state index in [-0.39, 0.29) is 30.4 Å². The summed E-state index contributed by atoms with van der Waals surface area (Å²) in [6.45, 7) is 4.20. The number of carbonyl (C=O) groups excluding carboxylic acids is 2. The minimum absolute atomic E-state index is 0.00665. The highest BCUT2D eigenvalue weighted by Crippen LogP contribution is 2.19. The van der Waals surface area contributed by atoms with Gasteiger partial charge in [-0.25, -0.2) is 0 Å². The number of hydrogen-bond acceptors (Lipinski definition) is 3. The van der Waals surface area contributed by atoms with Crippen LogP contribution in [-0.2, 0) is 9.59 Å². The van der Waals surface area contributed by atoms with Crippen LogP contribution in [0, 0.1) is 0 Å². The molecule has 0 unspecified atom stereocenters. The highest BCUT2D eigenvalue weighted by Gasteiger charge is 2.26. The van der Waals surface area contributed by atoms with E-state index in [1.54, 1.807) is 4.90 Å². The SMILES string of the molecule is CCC[C@@H](NC(=O)[C@@H](C)N(C)CC(=O)NC1CC1)c1ccccc1. The van der Waals surface area contributed by atoms with Crippen LogP contribution in [0.4, 0.5) is 0 Å². The number of amides is 2. The van der Waals surface area contributed by atoms with E-state index >= 15 is 0 Å². The first kappa shape index (κ1) is 18.5. The number of carbonyl (C=O) groups is 2. The second kappa shape index (κ2) is 8.83. The van der Waals surface area contributed by atoms with Gasteiger partial charge in [0.05, 0.1) is 18.6 Å². The van der Waals surface area contributed by atoms with E-state index in [0.29, 0.717) is 6.04 Å². The number of rotatable bonds is 9. The zero-order chi connectivity index (χ0) is 17.5. The molecule has 1 aromatic rings. The zero-order valence-corrected chi connectivity index (χ0v) is 14.9. The van der Waals surface area contributed by atoms with E-state index in [4.69, 9.17) is 0 Å². The van der Waals surface area contributed by atoms with Crippen LogP contribution < -0.4 is 10.6 Å². The molecular formula is C19H29N3O2. The van der Waals surface area contributed by atoms with Crippen molar-refractivity contribution in [2.24, 2.45) is 0 Å². The zero-order valence-electron chi connectivity index (χ0n) is 14.9. The lowest BCUT2D eigenvalue weighted by molar-refractivity contribution is -0.128. The van der Waals surface area contributed by atoms with Gasteiger partial charge in [-0.05, 0) is 38.8 Å². The van der Waals surface area contributed by atoms with Crippen molar-refractivity contribution in [3.63, 3.8) is 0 Å². The van der Waals surface area contributed by atoms with Crippen molar-refractivity contribution >= 4 is 11.8 Å².